The third-order valence-corrected chi connectivity index (χ3v) is 5.67. The summed E-state index contributed by atoms with van der Waals surface area (Å²) in [6.07, 6.45) is -3.58. The minimum Gasteiger partial charge on any atom is -0.508 e. The molecule has 3 aromatic carbocycles. The Labute approximate surface area is 210 Å². The van der Waals surface area contributed by atoms with Crippen LogP contribution in [0.15, 0.2) is 60.8 Å². The second kappa shape index (κ2) is 9.71. The molecule has 0 saturated heterocycles. The monoisotopic (exact) mass is 540 g/mol. The molecule has 1 amide bonds. The number of hydrogen-bond acceptors (Lipinski definition) is 4. The van der Waals surface area contributed by atoms with E-state index in [1.165, 1.54) is 30.5 Å². The van der Waals surface area contributed by atoms with Crippen LogP contribution >= 0.6 is 23.2 Å². The van der Waals surface area contributed by atoms with Gasteiger partial charge in [0.05, 0.1) is 21.3 Å². The molecule has 12 heteroatoms. The van der Waals surface area contributed by atoms with Crippen molar-refractivity contribution >= 4 is 51.5 Å². The van der Waals surface area contributed by atoms with Crippen molar-refractivity contribution in [1.29, 1.82) is 0 Å². The molecule has 36 heavy (non-hydrogen) atoms. The Kier molecular flexibility index (Phi) is 6.83. The van der Waals surface area contributed by atoms with Crippen LogP contribution in [0.1, 0.15) is 15.9 Å². The number of phenols is 1. The lowest BCUT2D eigenvalue weighted by molar-refractivity contribution is -0.274. The van der Waals surface area contributed by atoms with Crippen molar-refractivity contribution in [3.05, 3.63) is 87.8 Å². The van der Waals surface area contributed by atoms with E-state index in [-0.39, 0.29) is 39.0 Å². The lowest BCUT2D eigenvalue weighted by Crippen LogP contribution is -2.23. The molecule has 0 aliphatic rings. The molecule has 0 atom stereocenters. The summed E-state index contributed by atoms with van der Waals surface area (Å²) in [5.74, 6) is -3.47. The van der Waals surface area contributed by atoms with E-state index in [0.717, 1.165) is 12.1 Å². The molecule has 6 nitrogen and oxygen atoms in total. The van der Waals surface area contributed by atoms with E-state index in [0.29, 0.717) is 11.1 Å². The number of benzene rings is 3. The zero-order valence-electron chi connectivity index (χ0n) is 17.9. The molecular weight excluding hydrogens is 527 g/mol. The molecule has 0 spiro atoms. The van der Waals surface area contributed by atoms with Gasteiger partial charge in [0.1, 0.15) is 17.3 Å². The fourth-order valence-electron chi connectivity index (χ4n) is 3.54. The molecule has 0 aliphatic carbocycles. The first kappa shape index (κ1) is 25.3. The molecule has 186 valence electrons. The molecule has 0 aliphatic heterocycles. The van der Waals surface area contributed by atoms with Gasteiger partial charge in [-0.05, 0) is 35.9 Å². The number of alkyl halides is 3. The summed E-state index contributed by atoms with van der Waals surface area (Å²) in [6.45, 7) is 0.231. The average Bonchev–Trinajstić information content (AvgIpc) is 3.13. The standard InChI is InChI=1S/C24H14Cl2F4N2O4/c25-18-8-15(36-24(28,29)30)9-19(26)21(18)31-23(35)22(34)17-11-32(10-12-1-3-13(27)4-2-12)20-6-5-14(33)7-16(17)20/h1-9,11,33H,10H2,(H,31,35). The van der Waals surface area contributed by atoms with E-state index in [1.54, 1.807) is 22.8 Å². The highest BCUT2D eigenvalue weighted by atomic mass is 35.5. The van der Waals surface area contributed by atoms with Crippen LogP contribution in [0.4, 0.5) is 23.2 Å². The Bertz CT molecular complexity index is 1460. The number of nitrogens with one attached hydrogen (secondary N) is 1. The second-order valence-electron chi connectivity index (χ2n) is 7.59. The predicted molar refractivity (Wildman–Crippen MR) is 125 cm³/mol. The van der Waals surface area contributed by atoms with E-state index >= 15 is 0 Å². The maximum Gasteiger partial charge on any atom is 0.573 e. The lowest BCUT2D eigenvalue weighted by Gasteiger charge is -2.13. The highest BCUT2D eigenvalue weighted by molar-refractivity contribution is 6.50. The topological polar surface area (TPSA) is 80.6 Å². The van der Waals surface area contributed by atoms with Gasteiger partial charge < -0.3 is 19.7 Å². The summed E-state index contributed by atoms with van der Waals surface area (Å²) >= 11 is 11.9. The molecule has 0 saturated carbocycles. The Morgan fingerprint density at radius 3 is 2.25 bits per heavy atom. The van der Waals surface area contributed by atoms with E-state index in [1.807, 2.05) is 0 Å². The third-order valence-electron chi connectivity index (χ3n) is 5.07. The van der Waals surface area contributed by atoms with Crippen LogP contribution in [0.25, 0.3) is 10.9 Å². The highest BCUT2D eigenvalue weighted by Gasteiger charge is 2.32. The first-order chi connectivity index (χ1) is 16.9. The number of carbonyl (C=O) groups is 2. The van der Waals surface area contributed by atoms with E-state index in [9.17, 15) is 32.3 Å². The number of amides is 1. The highest BCUT2D eigenvalue weighted by Crippen LogP contribution is 2.37. The second-order valence-corrected chi connectivity index (χ2v) is 8.41. The summed E-state index contributed by atoms with van der Waals surface area (Å²) in [6, 6.07) is 11.5. The number of rotatable bonds is 6. The van der Waals surface area contributed by atoms with Gasteiger partial charge in [0.25, 0.3) is 11.7 Å². The van der Waals surface area contributed by atoms with Crippen LogP contribution < -0.4 is 10.1 Å². The first-order valence-corrected chi connectivity index (χ1v) is 10.8. The number of phenolic OH excluding ortho intramolecular Hbond substituents is 1. The van der Waals surface area contributed by atoms with E-state index in [2.05, 4.69) is 10.1 Å². The maximum absolute atomic E-state index is 13.3. The van der Waals surface area contributed by atoms with Gasteiger partial charge in [-0.2, -0.15) is 0 Å². The summed E-state index contributed by atoms with van der Waals surface area (Å²) < 4.78 is 56.0. The molecule has 0 unspecified atom stereocenters. The SMILES string of the molecule is O=C(Nc1c(Cl)cc(OC(F)(F)F)cc1Cl)C(=O)c1cn(Cc2ccc(F)cc2)c2ccc(O)cc12. The normalized spacial score (nSPS) is 11.5. The fourth-order valence-corrected chi connectivity index (χ4v) is 4.10. The predicted octanol–water partition coefficient (Wildman–Crippen LogP) is 6.56. The van der Waals surface area contributed by atoms with Crippen LogP contribution in [0, 0.1) is 5.82 Å². The van der Waals surface area contributed by atoms with Crippen molar-refractivity contribution in [3.63, 3.8) is 0 Å². The number of nitrogens with zero attached hydrogens (tertiary/aromatic N) is 1. The van der Waals surface area contributed by atoms with Crippen LogP contribution in [-0.4, -0.2) is 27.7 Å². The lowest BCUT2D eigenvalue weighted by atomic mass is 10.1. The Morgan fingerprint density at radius 2 is 1.64 bits per heavy atom. The molecule has 2 N–H and O–H groups in total. The van der Waals surface area contributed by atoms with Crippen molar-refractivity contribution in [2.24, 2.45) is 0 Å². The number of Topliss-reactive ketones (excluding diaryl/α,β-unsaturated/α-hetero) is 1. The first-order valence-electron chi connectivity index (χ1n) is 10.1. The van der Waals surface area contributed by atoms with Crippen molar-refractivity contribution in [3.8, 4) is 11.5 Å². The zero-order valence-corrected chi connectivity index (χ0v) is 19.4. The molecular formula is C24H14Cl2F4N2O4. The van der Waals surface area contributed by atoms with Crippen LogP contribution in [-0.2, 0) is 11.3 Å². The molecule has 1 aromatic heterocycles. The minimum atomic E-state index is -4.99. The van der Waals surface area contributed by atoms with Crippen LogP contribution in [0.2, 0.25) is 10.0 Å². The van der Waals surface area contributed by atoms with Gasteiger partial charge in [-0.15, -0.1) is 13.2 Å². The number of anilines is 1. The maximum atomic E-state index is 13.3. The van der Waals surface area contributed by atoms with E-state index in [4.69, 9.17) is 23.2 Å². The van der Waals surface area contributed by atoms with Crippen molar-refractivity contribution in [2.75, 3.05) is 5.32 Å². The number of aromatic hydroxyl groups is 1. The molecule has 0 radical (unpaired) electrons. The summed E-state index contributed by atoms with van der Waals surface area (Å²) in [5.41, 5.74) is 0.872. The quantitative estimate of drug-likeness (QED) is 0.165. The Balaban J connectivity index is 1.64. The molecule has 1 heterocycles. The van der Waals surface area contributed by atoms with Crippen molar-refractivity contribution in [1.82, 2.24) is 4.57 Å². The van der Waals surface area contributed by atoms with Gasteiger partial charge in [-0.25, -0.2) is 4.39 Å². The van der Waals surface area contributed by atoms with Crippen molar-refractivity contribution < 1.29 is 37.0 Å². The fraction of sp³-hybridized carbons (Fsp3) is 0.0833. The van der Waals surface area contributed by atoms with Gasteiger partial charge >= 0.3 is 6.36 Å². The number of fused-ring (bicyclic) bond motifs is 1. The number of hydrogen-bond donors (Lipinski definition) is 2. The number of halogens is 6. The van der Waals surface area contributed by atoms with Gasteiger partial charge in [0, 0.05) is 35.8 Å². The van der Waals surface area contributed by atoms with Gasteiger partial charge in [-0.3, -0.25) is 9.59 Å². The number of ketones is 1. The van der Waals surface area contributed by atoms with Crippen LogP contribution in [0.5, 0.6) is 11.5 Å². The van der Waals surface area contributed by atoms with Crippen LogP contribution in [0.3, 0.4) is 0 Å². The zero-order chi connectivity index (χ0) is 26.2. The summed E-state index contributed by atoms with van der Waals surface area (Å²) in [4.78, 5) is 25.8. The minimum absolute atomic E-state index is 0.0650. The number of carbonyl (C=O) groups excluding carboxylic acids is 2. The number of aromatic nitrogens is 1. The average molecular weight is 541 g/mol. The molecule has 0 fully saturated rings. The number of ether oxygens (including phenoxy) is 1. The van der Waals surface area contributed by atoms with Crippen molar-refractivity contribution in [2.45, 2.75) is 12.9 Å². The third kappa shape index (κ3) is 5.55. The molecule has 0 bridgehead atoms. The van der Waals surface area contributed by atoms with Gasteiger partial charge in [0.15, 0.2) is 0 Å². The largest absolute Gasteiger partial charge is 0.573 e. The summed E-state index contributed by atoms with van der Waals surface area (Å²) in [7, 11) is 0. The Hall–Kier alpha value is -3.76. The summed E-state index contributed by atoms with van der Waals surface area (Å²) in [5, 5.41) is 11.6. The smallest absolute Gasteiger partial charge is 0.508 e. The van der Waals surface area contributed by atoms with E-state index < -0.39 is 29.6 Å². The van der Waals surface area contributed by atoms with Gasteiger partial charge in [-0.1, -0.05) is 35.3 Å². The Morgan fingerprint density at radius 1 is 1.00 bits per heavy atom. The molecule has 4 rings (SSSR count). The molecule has 4 aromatic rings. The van der Waals surface area contributed by atoms with Gasteiger partial charge in [0.2, 0.25) is 0 Å².